The molecule has 4 rings (SSSR count). The molecule has 1 amide bonds. The SMILES string of the molecule is COc1ccccc1C1Cc2c(C(=O)NC(C)(C)CO)c(=O)cc(C)n2-c2ccc(Cl)cc2S1. The normalized spacial score (nSPS) is 15.2. The molecular weight excluding hydrogens is 472 g/mol. The Morgan fingerprint density at radius 3 is 2.71 bits per heavy atom. The molecule has 0 spiro atoms. The lowest BCUT2D eigenvalue weighted by Gasteiger charge is -2.25. The molecule has 34 heavy (non-hydrogen) atoms. The van der Waals surface area contributed by atoms with Crippen LogP contribution < -0.4 is 15.5 Å². The zero-order valence-corrected chi connectivity index (χ0v) is 21.1. The maximum Gasteiger partial charge on any atom is 0.257 e. The van der Waals surface area contributed by atoms with E-state index >= 15 is 0 Å². The largest absolute Gasteiger partial charge is 0.496 e. The minimum Gasteiger partial charge on any atom is -0.496 e. The molecule has 8 heteroatoms. The number of aromatic nitrogens is 1. The van der Waals surface area contributed by atoms with E-state index in [0.717, 1.165) is 27.6 Å². The fourth-order valence-corrected chi connectivity index (χ4v) is 5.80. The van der Waals surface area contributed by atoms with E-state index in [1.807, 2.05) is 47.9 Å². The average molecular weight is 499 g/mol. The Kier molecular flexibility index (Phi) is 6.80. The summed E-state index contributed by atoms with van der Waals surface area (Å²) in [4.78, 5) is 27.5. The number of pyridine rings is 1. The number of carbonyl (C=O) groups is 1. The number of nitrogens with one attached hydrogen (secondary N) is 1. The van der Waals surface area contributed by atoms with Crippen molar-refractivity contribution in [3.05, 3.63) is 86.3 Å². The number of amides is 1. The molecule has 1 aliphatic heterocycles. The minimum atomic E-state index is -0.876. The Labute approximate surface area is 207 Å². The van der Waals surface area contributed by atoms with Crippen molar-refractivity contribution in [3.63, 3.8) is 0 Å². The van der Waals surface area contributed by atoms with Gasteiger partial charge in [-0.1, -0.05) is 29.8 Å². The van der Waals surface area contributed by atoms with Crippen molar-refractivity contribution in [1.29, 1.82) is 0 Å². The Bertz CT molecular complexity index is 1320. The molecule has 0 saturated carbocycles. The van der Waals surface area contributed by atoms with Gasteiger partial charge >= 0.3 is 0 Å². The van der Waals surface area contributed by atoms with Crippen LogP contribution in [0, 0.1) is 6.92 Å². The predicted octanol–water partition coefficient (Wildman–Crippen LogP) is 4.70. The smallest absolute Gasteiger partial charge is 0.257 e. The number of aliphatic hydroxyl groups excluding tert-OH is 1. The van der Waals surface area contributed by atoms with Crippen LogP contribution in [0.5, 0.6) is 5.75 Å². The highest BCUT2D eigenvalue weighted by molar-refractivity contribution is 7.99. The topological polar surface area (TPSA) is 80.6 Å². The zero-order valence-electron chi connectivity index (χ0n) is 19.5. The highest BCUT2D eigenvalue weighted by Gasteiger charge is 2.32. The minimum absolute atomic E-state index is 0.0791. The molecule has 0 radical (unpaired) electrons. The van der Waals surface area contributed by atoms with Gasteiger partial charge in [-0.05, 0) is 45.0 Å². The fraction of sp³-hybridized carbons (Fsp3) is 0.308. The second kappa shape index (κ2) is 9.49. The molecule has 178 valence electrons. The highest BCUT2D eigenvalue weighted by atomic mass is 35.5. The van der Waals surface area contributed by atoms with E-state index in [9.17, 15) is 14.7 Å². The van der Waals surface area contributed by atoms with Gasteiger partial charge < -0.3 is 19.7 Å². The molecule has 6 nitrogen and oxygen atoms in total. The molecule has 0 fully saturated rings. The number of hydrogen-bond acceptors (Lipinski definition) is 5. The van der Waals surface area contributed by atoms with Gasteiger partial charge in [0.2, 0.25) is 0 Å². The summed E-state index contributed by atoms with van der Waals surface area (Å²) >= 11 is 7.98. The predicted molar refractivity (Wildman–Crippen MR) is 136 cm³/mol. The van der Waals surface area contributed by atoms with Crippen LogP contribution in [0.2, 0.25) is 5.02 Å². The van der Waals surface area contributed by atoms with Crippen LogP contribution in [0.15, 0.2) is 58.2 Å². The number of methoxy groups -OCH3 is 1. The van der Waals surface area contributed by atoms with Crippen molar-refractivity contribution in [2.24, 2.45) is 0 Å². The molecule has 1 aliphatic rings. The summed E-state index contributed by atoms with van der Waals surface area (Å²) in [6.45, 7) is 5.02. The molecule has 1 atom stereocenters. The van der Waals surface area contributed by atoms with Gasteiger partial charge in [-0.2, -0.15) is 0 Å². The Balaban J connectivity index is 1.99. The number of para-hydroxylation sites is 1. The lowest BCUT2D eigenvalue weighted by atomic mass is 9.99. The van der Waals surface area contributed by atoms with E-state index < -0.39 is 11.4 Å². The first kappa shape index (κ1) is 24.4. The van der Waals surface area contributed by atoms with Crippen LogP contribution in [-0.2, 0) is 6.42 Å². The number of rotatable bonds is 5. The number of ether oxygens (including phenoxy) is 1. The van der Waals surface area contributed by atoms with E-state index in [2.05, 4.69) is 5.32 Å². The summed E-state index contributed by atoms with van der Waals surface area (Å²) in [6, 6.07) is 14.9. The first-order chi connectivity index (χ1) is 16.1. The van der Waals surface area contributed by atoms with Crippen LogP contribution in [0.1, 0.15) is 46.4 Å². The molecule has 1 aromatic heterocycles. The van der Waals surface area contributed by atoms with Gasteiger partial charge in [0.05, 0.1) is 24.9 Å². The standard InChI is InChI=1S/C26H27ClN2O4S/c1-15-11-20(31)24(25(32)28-26(2,3)14-30)19-13-22(17-7-5-6-8-21(17)33-4)34-23-12-16(27)9-10-18(23)29(15)19/h5-12,22,30H,13-14H2,1-4H3,(H,28,32). The van der Waals surface area contributed by atoms with Gasteiger partial charge in [-0.3, -0.25) is 9.59 Å². The number of aryl methyl sites for hydroxylation is 1. The second-order valence-corrected chi connectivity index (χ2v) is 10.6. The third-order valence-electron chi connectivity index (χ3n) is 5.87. The molecule has 2 N–H and O–H groups in total. The summed E-state index contributed by atoms with van der Waals surface area (Å²) in [7, 11) is 1.63. The van der Waals surface area contributed by atoms with E-state index in [1.54, 1.807) is 38.8 Å². The Hall–Kier alpha value is -2.74. The number of nitrogens with zero attached hydrogens (tertiary/aromatic N) is 1. The number of aliphatic hydroxyl groups is 1. The lowest BCUT2D eigenvalue weighted by molar-refractivity contribution is 0.0866. The number of benzene rings is 2. The van der Waals surface area contributed by atoms with Crippen LogP contribution in [0.25, 0.3) is 5.69 Å². The monoisotopic (exact) mass is 498 g/mol. The molecule has 2 aromatic carbocycles. The Morgan fingerprint density at radius 1 is 1.26 bits per heavy atom. The number of thioether (sulfide) groups is 1. The second-order valence-electron chi connectivity index (χ2n) is 8.97. The van der Waals surface area contributed by atoms with E-state index in [4.69, 9.17) is 16.3 Å². The van der Waals surface area contributed by atoms with Crippen molar-refractivity contribution in [2.45, 2.75) is 42.9 Å². The number of hydrogen-bond donors (Lipinski definition) is 2. The summed E-state index contributed by atoms with van der Waals surface area (Å²) in [5, 5.41) is 12.9. The summed E-state index contributed by atoms with van der Waals surface area (Å²) in [6.07, 6.45) is 0.413. The van der Waals surface area contributed by atoms with Gasteiger partial charge in [-0.15, -0.1) is 11.8 Å². The number of fused-ring (bicyclic) bond motifs is 3. The van der Waals surface area contributed by atoms with Gasteiger partial charge in [-0.25, -0.2) is 0 Å². The Morgan fingerprint density at radius 2 is 2.00 bits per heavy atom. The van der Waals surface area contributed by atoms with Crippen molar-refractivity contribution in [3.8, 4) is 11.4 Å². The molecule has 2 heterocycles. The first-order valence-corrected chi connectivity index (χ1v) is 12.2. The van der Waals surface area contributed by atoms with Crippen LogP contribution in [0.3, 0.4) is 0 Å². The van der Waals surface area contributed by atoms with Gasteiger partial charge in [0, 0.05) is 44.6 Å². The zero-order chi connectivity index (χ0) is 24.6. The number of carbonyl (C=O) groups excluding carboxylic acids is 1. The van der Waals surface area contributed by atoms with Crippen molar-refractivity contribution < 1.29 is 14.6 Å². The third kappa shape index (κ3) is 4.60. The first-order valence-electron chi connectivity index (χ1n) is 10.9. The molecule has 0 saturated heterocycles. The molecule has 0 aliphatic carbocycles. The van der Waals surface area contributed by atoms with Gasteiger partial charge in [0.25, 0.3) is 5.91 Å². The molecular formula is C26H27ClN2O4S. The van der Waals surface area contributed by atoms with Gasteiger partial charge in [0.15, 0.2) is 5.43 Å². The van der Waals surface area contributed by atoms with Crippen molar-refractivity contribution >= 4 is 29.3 Å². The average Bonchev–Trinajstić information content (AvgIpc) is 2.95. The maximum atomic E-state index is 13.4. The third-order valence-corrected chi connectivity index (χ3v) is 7.39. The van der Waals surface area contributed by atoms with E-state index in [0.29, 0.717) is 17.1 Å². The quantitative estimate of drug-likeness (QED) is 0.533. The molecule has 0 bridgehead atoms. The van der Waals surface area contributed by atoms with Crippen LogP contribution in [0.4, 0.5) is 0 Å². The highest BCUT2D eigenvalue weighted by Crippen LogP contribution is 2.47. The van der Waals surface area contributed by atoms with Gasteiger partial charge in [0.1, 0.15) is 11.3 Å². The summed E-state index contributed by atoms with van der Waals surface area (Å²) < 4.78 is 7.60. The lowest BCUT2D eigenvalue weighted by Crippen LogP contribution is -2.48. The van der Waals surface area contributed by atoms with E-state index in [1.165, 1.54) is 6.07 Å². The molecule has 1 unspecified atom stereocenters. The molecule has 3 aromatic rings. The van der Waals surface area contributed by atoms with E-state index in [-0.39, 0.29) is 22.8 Å². The van der Waals surface area contributed by atoms with Crippen molar-refractivity contribution in [2.75, 3.05) is 13.7 Å². The van der Waals surface area contributed by atoms with Crippen molar-refractivity contribution in [1.82, 2.24) is 9.88 Å². The summed E-state index contributed by atoms with van der Waals surface area (Å²) in [5.41, 5.74) is 2.01. The maximum absolute atomic E-state index is 13.4. The summed E-state index contributed by atoms with van der Waals surface area (Å²) in [5.74, 6) is 0.230. The van der Waals surface area contributed by atoms with Crippen LogP contribution in [-0.4, -0.2) is 34.8 Å². The number of halogens is 1. The fourth-order valence-electron chi connectivity index (χ4n) is 4.22. The van der Waals surface area contributed by atoms with Crippen LogP contribution >= 0.6 is 23.4 Å².